The summed E-state index contributed by atoms with van der Waals surface area (Å²) in [5, 5.41) is 0. The zero-order valence-electron chi connectivity index (χ0n) is 7.91. The van der Waals surface area contributed by atoms with E-state index in [0.29, 0.717) is 5.75 Å². The van der Waals surface area contributed by atoms with Gasteiger partial charge in [0.25, 0.3) is 0 Å². The van der Waals surface area contributed by atoms with Gasteiger partial charge in [0.2, 0.25) is 0 Å². The van der Waals surface area contributed by atoms with Gasteiger partial charge < -0.3 is 5.73 Å². The van der Waals surface area contributed by atoms with E-state index in [0.717, 1.165) is 23.7 Å². The van der Waals surface area contributed by atoms with E-state index in [1.165, 1.54) is 0 Å². The van der Waals surface area contributed by atoms with Crippen LogP contribution in [-0.4, -0.2) is 33.3 Å². The lowest BCUT2D eigenvalue weighted by molar-refractivity contribution is 0.664. The maximum Gasteiger partial charge on any atom is 0.0386 e. The molecule has 12 heavy (non-hydrogen) atoms. The molecule has 0 aromatic rings. The standard InChI is InChI=1S/C8H19NOS2/c1-3-8(9)7-12(10)6-5-11-4-2/h8H,3-7,9H2,1-2H3. The Kier molecular flexibility index (Phi) is 8.39. The van der Waals surface area contributed by atoms with Crippen LogP contribution in [0.4, 0.5) is 0 Å². The van der Waals surface area contributed by atoms with Crippen molar-refractivity contribution in [1.82, 2.24) is 0 Å². The van der Waals surface area contributed by atoms with Crippen molar-refractivity contribution in [1.29, 1.82) is 0 Å². The number of hydrogen-bond acceptors (Lipinski definition) is 3. The van der Waals surface area contributed by atoms with Gasteiger partial charge in [-0.15, -0.1) is 0 Å². The third-order valence-electron chi connectivity index (χ3n) is 1.58. The molecule has 0 aliphatic carbocycles. The summed E-state index contributed by atoms with van der Waals surface area (Å²) in [6.07, 6.45) is 0.923. The molecule has 0 aliphatic heterocycles. The van der Waals surface area contributed by atoms with Gasteiger partial charge in [-0.05, 0) is 12.2 Å². The first-order valence-corrected chi connectivity index (χ1v) is 7.03. The highest BCUT2D eigenvalue weighted by Crippen LogP contribution is 2.00. The summed E-state index contributed by atoms with van der Waals surface area (Å²) < 4.78 is 11.3. The van der Waals surface area contributed by atoms with E-state index in [2.05, 4.69) is 6.92 Å². The first-order valence-electron chi connectivity index (χ1n) is 4.39. The minimum absolute atomic E-state index is 0.123. The molecule has 74 valence electrons. The zero-order chi connectivity index (χ0) is 9.40. The lowest BCUT2D eigenvalue weighted by atomic mass is 10.3. The Bertz CT molecular complexity index is 130. The Hall–Kier alpha value is 0.460. The normalized spacial score (nSPS) is 15.9. The Morgan fingerprint density at radius 1 is 1.50 bits per heavy atom. The fraction of sp³-hybridized carbons (Fsp3) is 1.00. The van der Waals surface area contributed by atoms with E-state index in [4.69, 9.17) is 5.73 Å². The second-order valence-electron chi connectivity index (χ2n) is 2.68. The fourth-order valence-corrected chi connectivity index (χ4v) is 3.12. The molecule has 0 rings (SSSR count). The summed E-state index contributed by atoms with van der Waals surface area (Å²) in [6.45, 7) is 4.15. The highest BCUT2D eigenvalue weighted by molar-refractivity contribution is 8.00. The molecule has 2 nitrogen and oxygen atoms in total. The summed E-state index contributed by atoms with van der Waals surface area (Å²) in [7, 11) is -0.697. The molecule has 2 atom stereocenters. The van der Waals surface area contributed by atoms with Crippen molar-refractivity contribution in [2.24, 2.45) is 5.73 Å². The molecule has 0 radical (unpaired) electrons. The largest absolute Gasteiger partial charge is 0.327 e. The van der Waals surface area contributed by atoms with Crippen LogP contribution in [0, 0.1) is 0 Å². The Morgan fingerprint density at radius 3 is 2.67 bits per heavy atom. The third kappa shape index (κ3) is 7.13. The van der Waals surface area contributed by atoms with Crippen molar-refractivity contribution < 1.29 is 4.21 Å². The summed E-state index contributed by atoms with van der Waals surface area (Å²) in [4.78, 5) is 0. The Balaban J connectivity index is 3.33. The maximum atomic E-state index is 11.3. The molecule has 0 heterocycles. The first-order chi connectivity index (χ1) is 5.70. The van der Waals surface area contributed by atoms with Crippen molar-refractivity contribution in [2.45, 2.75) is 26.3 Å². The van der Waals surface area contributed by atoms with Gasteiger partial charge in [-0.25, -0.2) is 0 Å². The van der Waals surface area contributed by atoms with Crippen LogP contribution in [0.1, 0.15) is 20.3 Å². The number of rotatable bonds is 7. The van der Waals surface area contributed by atoms with E-state index < -0.39 is 10.8 Å². The van der Waals surface area contributed by atoms with Gasteiger partial charge in [-0.2, -0.15) is 11.8 Å². The SMILES string of the molecule is CCSCCS(=O)CC(N)CC. The molecule has 0 aromatic carbocycles. The average Bonchev–Trinajstić information content (AvgIpc) is 2.05. The quantitative estimate of drug-likeness (QED) is 0.641. The van der Waals surface area contributed by atoms with Crippen LogP contribution in [0.15, 0.2) is 0 Å². The summed E-state index contributed by atoms with van der Waals surface area (Å²) in [5.74, 6) is 3.57. The molecular weight excluding hydrogens is 190 g/mol. The Morgan fingerprint density at radius 2 is 2.17 bits per heavy atom. The molecule has 0 spiro atoms. The van der Waals surface area contributed by atoms with Crippen LogP contribution >= 0.6 is 11.8 Å². The van der Waals surface area contributed by atoms with Crippen LogP contribution in [-0.2, 0) is 10.8 Å². The molecule has 0 saturated heterocycles. The molecule has 0 amide bonds. The lowest BCUT2D eigenvalue weighted by Gasteiger charge is -2.07. The van der Waals surface area contributed by atoms with Crippen LogP contribution < -0.4 is 5.73 Å². The van der Waals surface area contributed by atoms with Crippen molar-refractivity contribution in [3.8, 4) is 0 Å². The number of thioether (sulfide) groups is 1. The minimum atomic E-state index is -0.697. The van der Waals surface area contributed by atoms with E-state index in [9.17, 15) is 4.21 Å². The fourth-order valence-electron chi connectivity index (χ4n) is 0.736. The van der Waals surface area contributed by atoms with Crippen LogP contribution in [0.25, 0.3) is 0 Å². The molecule has 2 N–H and O–H groups in total. The first kappa shape index (κ1) is 12.5. The van der Waals surface area contributed by atoms with Gasteiger partial charge >= 0.3 is 0 Å². The minimum Gasteiger partial charge on any atom is -0.327 e. The topological polar surface area (TPSA) is 43.1 Å². The van der Waals surface area contributed by atoms with Gasteiger partial charge in [0, 0.05) is 34.1 Å². The summed E-state index contributed by atoms with van der Waals surface area (Å²) >= 11 is 1.84. The number of nitrogens with two attached hydrogens (primary N) is 1. The molecule has 4 heteroatoms. The highest BCUT2D eigenvalue weighted by atomic mass is 32.2. The summed E-state index contributed by atoms with van der Waals surface area (Å²) in [5.41, 5.74) is 5.68. The van der Waals surface area contributed by atoms with Gasteiger partial charge in [-0.3, -0.25) is 4.21 Å². The van der Waals surface area contributed by atoms with Gasteiger partial charge in [-0.1, -0.05) is 13.8 Å². The van der Waals surface area contributed by atoms with Crippen molar-refractivity contribution >= 4 is 22.6 Å². The van der Waals surface area contributed by atoms with Crippen molar-refractivity contribution in [3.63, 3.8) is 0 Å². The molecule has 0 bridgehead atoms. The second kappa shape index (κ2) is 8.08. The molecule has 0 saturated carbocycles. The predicted octanol–water partition coefficient (Wildman–Crippen LogP) is 1.23. The molecule has 0 aromatic heterocycles. The van der Waals surface area contributed by atoms with E-state index >= 15 is 0 Å². The van der Waals surface area contributed by atoms with Crippen LogP contribution in [0.3, 0.4) is 0 Å². The Labute approximate surface area is 82.1 Å². The van der Waals surface area contributed by atoms with E-state index in [1.807, 2.05) is 18.7 Å². The van der Waals surface area contributed by atoms with Gasteiger partial charge in [0.1, 0.15) is 0 Å². The average molecular weight is 209 g/mol. The van der Waals surface area contributed by atoms with E-state index in [1.54, 1.807) is 0 Å². The monoisotopic (exact) mass is 209 g/mol. The highest BCUT2D eigenvalue weighted by Gasteiger charge is 2.05. The molecule has 2 unspecified atom stereocenters. The van der Waals surface area contributed by atoms with E-state index in [-0.39, 0.29) is 6.04 Å². The molecule has 0 aliphatic rings. The lowest BCUT2D eigenvalue weighted by Crippen LogP contribution is -2.27. The molecular formula is C8H19NOS2. The summed E-state index contributed by atoms with van der Waals surface area (Å²) in [6, 6.07) is 0.123. The molecule has 0 fully saturated rings. The van der Waals surface area contributed by atoms with Crippen molar-refractivity contribution in [3.05, 3.63) is 0 Å². The van der Waals surface area contributed by atoms with Gasteiger partial charge in [0.05, 0.1) is 0 Å². The maximum absolute atomic E-state index is 11.3. The van der Waals surface area contributed by atoms with Crippen LogP contribution in [0.2, 0.25) is 0 Å². The smallest absolute Gasteiger partial charge is 0.0386 e. The predicted molar refractivity (Wildman–Crippen MR) is 59.1 cm³/mol. The zero-order valence-corrected chi connectivity index (χ0v) is 9.55. The number of hydrogen-bond donors (Lipinski definition) is 1. The third-order valence-corrected chi connectivity index (χ3v) is 4.20. The second-order valence-corrected chi connectivity index (χ2v) is 5.69. The van der Waals surface area contributed by atoms with Gasteiger partial charge in [0.15, 0.2) is 0 Å². The van der Waals surface area contributed by atoms with Crippen LogP contribution in [0.5, 0.6) is 0 Å². The van der Waals surface area contributed by atoms with Crippen molar-refractivity contribution in [2.75, 3.05) is 23.0 Å².